The minimum atomic E-state index is -0.155. The van der Waals surface area contributed by atoms with E-state index in [1.165, 1.54) is 5.56 Å². The van der Waals surface area contributed by atoms with Crippen molar-refractivity contribution < 1.29 is 9.53 Å². The van der Waals surface area contributed by atoms with Crippen molar-refractivity contribution in [3.8, 4) is 5.75 Å². The summed E-state index contributed by atoms with van der Waals surface area (Å²) in [6.07, 6.45) is 2.92. The summed E-state index contributed by atoms with van der Waals surface area (Å²) >= 11 is 3.63. The molecule has 0 saturated heterocycles. The normalized spacial score (nSPS) is 15.0. The molecule has 184 valence electrons. The van der Waals surface area contributed by atoms with Crippen LogP contribution in [0.5, 0.6) is 5.75 Å². The van der Waals surface area contributed by atoms with E-state index in [1.807, 2.05) is 43.3 Å². The molecule has 4 rings (SSSR count). The molecule has 0 saturated carbocycles. The van der Waals surface area contributed by atoms with Gasteiger partial charge in [0.1, 0.15) is 5.75 Å². The van der Waals surface area contributed by atoms with Crippen molar-refractivity contribution in [1.82, 2.24) is 0 Å². The number of anilines is 2. The van der Waals surface area contributed by atoms with Gasteiger partial charge in [0.15, 0.2) is 0 Å². The number of hydrogen-bond donors (Lipinski definition) is 0. The molecular formula is C30H35BrN2O2. The molecule has 1 unspecified atom stereocenters. The lowest BCUT2D eigenvalue weighted by molar-refractivity contribution is -0.120. The van der Waals surface area contributed by atoms with Gasteiger partial charge in [-0.1, -0.05) is 66.2 Å². The zero-order valence-electron chi connectivity index (χ0n) is 21.1. The predicted octanol–water partition coefficient (Wildman–Crippen LogP) is 7.20. The van der Waals surface area contributed by atoms with Crippen LogP contribution in [0.1, 0.15) is 49.3 Å². The van der Waals surface area contributed by atoms with Crippen molar-refractivity contribution >= 4 is 33.2 Å². The summed E-state index contributed by atoms with van der Waals surface area (Å²) in [6, 6.07) is 22.8. The monoisotopic (exact) mass is 534 g/mol. The number of aryl methyl sites for hydroxylation is 1. The first-order valence-corrected chi connectivity index (χ1v) is 13.2. The van der Waals surface area contributed by atoms with Crippen molar-refractivity contribution in [3.63, 3.8) is 0 Å². The lowest BCUT2D eigenvalue weighted by Gasteiger charge is -2.32. The van der Waals surface area contributed by atoms with Crippen LogP contribution >= 0.6 is 15.9 Å². The fourth-order valence-corrected chi connectivity index (χ4v) is 4.99. The SMILES string of the molecule is CC(C)COc1ccc(Br)cc1N(Cc1ccc(N(C)C)cc1)C(=O)C1CCCc2ccccc21. The van der Waals surface area contributed by atoms with Gasteiger partial charge in [-0.25, -0.2) is 0 Å². The molecule has 0 bridgehead atoms. The fourth-order valence-electron chi connectivity index (χ4n) is 4.64. The van der Waals surface area contributed by atoms with E-state index in [0.29, 0.717) is 19.1 Å². The molecule has 0 fully saturated rings. The Labute approximate surface area is 218 Å². The largest absolute Gasteiger partial charge is 0.491 e. The summed E-state index contributed by atoms with van der Waals surface area (Å²) in [5, 5.41) is 0. The molecule has 1 amide bonds. The van der Waals surface area contributed by atoms with Crippen LogP contribution < -0.4 is 14.5 Å². The Morgan fingerprint density at radius 2 is 1.80 bits per heavy atom. The van der Waals surface area contributed by atoms with E-state index >= 15 is 0 Å². The summed E-state index contributed by atoms with van der Waals surface area (Å²) in [5.41, 5.74) is 5.48. The van der Waals surface area contributed by atoms with Gasteiger partial charge in [-0.15, -0.1) is 0 Å². The third-order valence-electron chi connectivity index (χ3n) is 6.51. The molecule has 3 aromatic carbocycles. The second kappa shape index (κ2) is 11.3. The summed E-state index contributed by atoms with van der Waals surface area (Å²) in [4.78, 5) is 18.3. The first-order valence-electron chi connectivity index (χ1n) is 12.4. The summed E-state index contributed by atoms with van der Waals surface area (Å²) in [5.74, 6) is 1.10. The third kappa shape index (κ3) is 6.07. The number of halogens is 1. The third-order valence-corrected chi connectivity index (χ3v) is 7.00. The summed E-state index contributed by atoms with van der Waals surface area (Å²) < 4.78 is 7.13. The molecule has 5 heteroatoms. The topological polar surface area (TPSA) is 32.8 Å². The van der Waals surface area contributed by atoms with Crippen LogP contribution in [0.2, 0.25) is 0 Å². The van der Waals surface area contributed by atoms with Gasteiger partial charge in [0.2, 0.25) is 5.91 Å². The van der Waals surface area contributed by atoms with E-state index in [4.69, 9.17) is 4.74 Å². The van der Waals surface area contributed by atoms with Crippen LogP contribution in [0, 0.1) is 5.92 Å². The van der Waals surface area contributed by atoms with Crippen molar-refractivity contribution in [2.75, 3.05) is 30.5 Å². The van der Waals surface area contributed by atoms with Gasteiger partial charge in [0.25, 0.3) is 0 Å². The van der Waals surface area contributed by atoms with Gasteiger partial charge in [0.05, 0.1) is 24.8 Å². The molecule has 0 aliphatic heterocycles. The Bertz CT molecular complexity index is 1160. The van der Waals surface area contributed by atoms with Crippen molar-refractivity contribution in [3.05, 3.63) is 87.9 Å². The van der Waals surface area contributed by atoms with Crippen LogP contribution in [0.25, 0.3) is 0 Å². The lowest BCUT2D eigenvalue weighted by Crippen LogP contribution is -2.36. The minimum Gasteiger partial charge on any atom is -0.491 e. The number of carbonyl (C=O) groups excluding carboxylic acids is 1. The Kier molecular flexibility index (Phi) is 8.17. The second-order valence-corrected chi connectivity index (χ2v) is 10.9. The Balaban J connectivity index is 1.75. The van der Waals surface area contributed by atoms with Gasteiger partial charge in [-0.05, 0) is 72.2 Å². The Morgan fingerprint density at radius 1 is 1.06 bits per heavy atom. The zero-order valence-corrected chi connectivity index (χ0v) is 22.7. The lowest BCUT2D eigenvalue weighted by atomic mass is 9.82. The average molecular weight is 536 g/mol. The van der Waals surface area contributed by atoms with Gasteiger partial charge >= 0.3 is 0 Å². The maximum absolute atomic E-state index is 14.3. The van der Waals surface area contributed by atoms with Crippen LogP contribution in [-0.2, 0) is 17.8 Å². The van der Waals surface area contributed by atoms with Crippen molar-refractivity contribution in [1.29, 1.82) is 0 Å². The molecule has 0 spiro atoms. The number of amides is 1. The van der Waals surface area contributed by atoms with Gasteiger partial charge < -0.3 is 14.5 Å². The Hall–Kier alpha value is -2.79. The van der Waals surface area contributed by atoms with Crippen LogP contribution in [-0.4, -0.2) is 26.6 Å². The molecular weight excluding hydrogens is 500 g/mol. The Morgan fingerprint density at radius 3 is 2.51 bits per heavy atom. The molecule has 35 heavy (non-hydrogen) atoms. The van der Waals surface area contributed by atoms with E-state index in [0.717, 1.165) is 52.0 Å². The highest BCUT2D eigenvalue weighted by molar-refractivity contribution is 9.10. The number of rotatable bonds is 8. The van der Waals surface area contributed by atoms with Crippen LogP contribution in [0.15, 0.2) is 71.2 Å². The summed E-state index contributed by atoms with van der Waals surface area (Å²) in [7, 11) is 4.07. The number of hydrogen-bond acceptors (Lipinski definition) is 3. The predicted molar refractivity (Wildman–Crippen MR) is 149 cm³/mol. The quantitative estimate of drug-likeness (QED) is 0.306. The van der Waals surface area contributed by atoms with Crippen LogP contribution in [0.3, 0.4) is 0 Å². The van der Waals surface area contributed by atoms with E-state index in [9.17, 15) is 4.79 Å². The van der Waals surface area contributed by atoms with E-state index < -0.39 is 0 Å². The number of nitrogens with zero attached hydrogens (tertiary/aromatic N) is 2. The average Bonchev–Trinajstić information content (AvgIpc) is 2.86. The first-order chi connectivity index (χ1) is 16.8. The smallest absolute Gasteiger partial charge is 0.234 e. The highest BCUT2D eigenvalue weighted by Gasteiger charge is 2.32. The molecule has 1 aliphatic carbocycles. The molecule has 0 radical (unpaired) electrons. The van der Waals surface area contributed by atoms with Gasteiger partial charge in [-0.3, -0.25) is 4.79 Å². The fraction of sp³-hybridized carbons (Fsp3) is 0.367. The summed E-state index contributed by atoms with van der Waals surface area (Å²) in [6.45, 7) is 5.35. The molecule has 0 N–H and O–H groups in total. The maximum Gasteiger partial charge on any atom is 0.234 e. The van der Waals surface area contributed by atoms with E-state index in [1.54, 1.807) is 0 Å². The first kappa shape index (κ1) is 25.3. The molecule has 0 heterocycles. The molecule has 4 nitrogen and oxygen atoms in total. The highest BCUT2D eigenvalue weighted by Crippen LogP contribution is 2.38. The highest BCUT2D eigenvalue weighted by atomic mass is 79.9. The standard InChI is InChI=1S/C30H35BrN2O2/c1-21(2)20-35-29-17-14-24(31)18-28(29)33(19-22-12-15-25(16-13-22)32(3)4)30(34)27-11-7-9-23-8-5-6-10-26(23)27/h5-6,8,10,12-18,21,27H,7,9,11,19-20H2,1-4H3. The van der Waals surface area contributed by atoms with E-state index in [2.05, 4.69) is 77.1 Å². The minimum absolute atomic E-state index is 0.126. The number of carbonyl (C=O) groups is 1. The zero-order chi connectivity index (χ0) is 24.9. The second-order valence-electron chi connectivity index (χ2n) is 9.95. The van der Waals surface area contributed by atoms with E-state index in [-0.39, 0.29) is 11.8 Å². The van der Waals surface area contributed by atoms with Crippen molar-refractivity contribution in [2.45, 2.75) is 45.6 Å². The van der Waals surface area contributed by atoms with Crippen molar-refractivity contribution in [2.24, 2.45) is 5.92 Å². The molecule has 1 atom stereocenters. The number of benzene rings is 3. The number of fused-ring (bicyclic) bond motifs is 1. The molecule has 1 aliphatic rings. The maximum atomic E-state index is 14.3. The molecule has 3 aromatic rings. The number of ether oxygens (including phenoxy) is 1. The van der Waals surface area contributed by atoms with Crippen LogP contribution in [0.4, 0.5) is 11.4 Å². The van der Waals surface area contributed by atoms with Gasteiger partial charge in [-0.2, -0.15) is 0 Å². The molecule has 0 aromatic heterocycles. The van der Waals surface area contributed by atoms with Gasteiger partial charge in [0, 0.05) is 24.3 Å².